The summed E-state index contributed by atoms with van der Waals surface area (Å²) in [5.41, 5.74) is 5.60. The molecule has 0 aliphatic heterocycles. The van der Waals surface area contributed by atoms with Gasteiger partial charge in [-0.1, -0.05) is 20.3 Å². The molecule has 1 nitrogen and oxygen atoms in total. The summed E-state index contributed by atoms with van der Waals surface area (Å²) in [7, 11) is 0. The van der Waals surface area contributed by atoms with Gasteiger partial charge in [-0.3, -0.25) is 0 Å². The molecule has 0 radical (unpaired) electrons. The average molecular weight is 172 g/mol. The van der Waals surface area contributed by atoms with Gasteiger partial charge in [-0.25, -0.2) is 0 Å². The van der Waals surface area contributed by atoms with Crippen molar-refractivity contribution in [3.05, 3.63) is 0 Å². The van der Waals surface area contributed by atoms with Crippen LogP contribution >= 0.6 is 24.0 Å². The predicted molar refractivity (Wildman–Crippen MR) is 45.4 cm³/mol. The van der Waals surface area contributed by atoms with Gasteiger partial charge in [-0.05, 0) is 5.92 Å². The van der Waals surface area contributed by atoms with Crippen molar-refractivity contribution in [2.45, 2.75) is 26.3 Å². The van der Waals surface area contributed by atoms with Crippen LogP contribution in [0.1, 0.15) is 20.3 Å². The fourth-order valence-electron chi connectivity index (χ4n) is 0.455. The quantitative estimate of drug-likeness (QED) is 0.647. The van der Waals surface area contributed by atoms with Gasteiger partial charge < -0.3 is 5.73 Å². The highest BCUT2D eigenvalue weighted by Gasteiger charge is 2.07. The smallest absolute Gasteiger partial charge is 0.0377 e. The lowest BCUT2D eigenvalue weighted by molar-refractivity contribution is 0.473. The lowest BCUT2D eigenvalue weighted by Gasteiger charge is -2.13. The van der Waals surface area contributed by atoms with E-state index in [0.717, 1.165) is 6.42 Å². The van der Waals surface area contributed by atoms with Crippen molar-refractivity contribution in [1.29, 1.82) is 0 Å². The van der Waals surface area contributed by atoms with Gasteiger partial charge in [-0.15, -0.1) is 24.0 Å². The van der Waals surface area contributed by atoms with Crippen molar-refractivity contribution in [1.82, 2.24) is 0 Å². The zero-order valence-electron chi connectivity index (χ0n) is 5.93. The maximum atomic E-state index is 5.60. The molecule has 0 aromatic carbocycles. The molecule has 0 aliphatic rings. The SMILES string of the molecule is CCC(C)[C@H](N)CCl.Cl. The van der Waals surface area contributed by atoms with E-state index in [1.165, 1.54) is 0 Å². The van der Waals surface area contributed by atoms with Crippen LogP contribution < -0.4 is 5.73 Å². The van der Waals surface area contributed by atoms with Gasteiger partial charge in [0.05, 0.1) is 0 Å². The first kappa shape index (κ1) is 12.2. The Balaban J connectivity index is 0. The Labute approximate surface area is 68.4 Å². The van der Waals surface area contributed by atoms with Crippen LogP contribution in [0.2, 0.25) is 0 Å². The molecule has 0 aliphatic carbocycles. The highest BCUT2D eigenvalue weighted by molar-refractivity contribution is 6.18. The molecule has 0 aromatic heterocycles. The Bertz CT molecular complexity index is 51.0. The summed E-state index contributed by atoms with van der Waals surface area (Å²) in [6.07, 6.45) is 1.12. The van der Waals surface area contributed by atoms with Crippen molar-refractivity contribution in [3.63, 3.8) is 0 Å². The molecule has 2 N–H and O–H groups in total. The summed E-state index contributed by atoms with van der Waals surface area (Å²) in [6, 6.07) is 0.182. The molecule has 0 spiro atoms. The van der Waals surface area contributed by atoms with Gasteiger partial charge in [-0.2, -0.15) is 0 Å². The minimum atomic E-state index is 0. The van der Waals surface area contributed by atoms with Crippen molar-refractivity contribution in [2.75, 3.05) is 5.88 Å². The van der Waals surface area contributed by atoms with Gasteiger partial charge in [0.2, 0.25) is 0 Å². The third-order valence-electron chi connectivity index (χ3n) is 1.55. The first-order valence-corrected chi connectivity index (χ1v) is 3.57. The lowest BCUT2D eigenvalue weighted by Crippen LogP contribution is -2.29. The number of alkyl halides is 1. The van der Waals surface area contributed by atoms with Gasteiger partial charge in [0, 0.05) is 11.9 Å². The van der Waals surface area contributed by atoms with Gasteiger partial charge >= 0.3 is 0 Å². The molecule has 0 fully saturated rings. The molecule has 0 saturated carbocycles. The fraction of sp³-hybridized carbons (Fsp3) is 1.00. The number of hydrogen-bond acceptors (Lipinski definition) is 1. The van der Waals surface area contributed by atoms with Crippen molar-refractivity contribution < 1.29 is 0 Å². The van der Waals surface area contributed by atoms with E-state index < -0.39 is 0 Å². The van der Waals surface area contributed by atoms with Crippen LogP contribution in [0, 0.1) is 5.92 Å². The molecule has 3 heteroatoms. The lowest BCUT2D eigenvalue weighted by atomic mass is 10.0. The van der Waals surface area contributed by atoms with Gasteiger partial charge in [0.25, 0.3) is 0 Å². The maximum Gasteiger partial charge on any atom is 0.0377 e. The molecule has 58 valence electrons. The van der Waals surface area contributed by atoms with E-state index in [0.29, 0.717) is 11.8 Å². The second-order valence-electron chi connectivity index (χ2n) is 2.20. The van der Waals surface area contributed by atoms with E-state index in [2.05, 4.69) is 13.8 Å². The standard InChI is InChI=1S/C6H14ClN.ClH/c1-3-5(2)6(8)4-7;/h5-6H,3-4,8H2,1-2H3;1H/t5?,6-;/m1./s1. The average Bonchev–Trinajstić information content (AvgIpc) is 1.84. The van der Waals surface area contributed by atoms with Crippen LogP contribution in [0.15, 0.2) is 0 Å². The summed E-state index contributed by atoms with van der Waals surface area (Å²) < 4.78 is 0. The van der Waals surface area contributed by atoms with E-state index in [4.69, 9.17) is 17.3 Å². The van der Waals surface area contributed by atoms with Crippen LogP contribution in [0.3, 0.4) is 0 Å². The van der Waals surface area contributed by atoms with Crippen LogP contribution in [-0.4, -0.2) is 11.9 Å². The Morgan fingerprint density at radius 3 is 2.11 bits per heavy atom. The molecule has 0 saturated heterocycles. The number of nitrogens with two attached hydrogens (primary N) is 1. The third-order valence-corrected chi connectivity index (χ3v) is 1.91. The van der Waals surface area contributed by atoms with E-state index in [-0.39, 0.29) is 18.4 Å². The highest BCUT2D eigenvalue weighted by Crippen LogP contribution is 2.05. The molecule has 0 aromatic rings. The predicted octanol–water partition coefficient (Wildman–Crippen LogP) is 2.02. The summed E-state index contributed by atoms with van der Waals surface area (Å²) >= 11 is 5.50. The Morgan fingerprint density at radius 1 is 1.56 bits per heavy atom. The Kier molecular flexibility index (Phi) is 9.05. The molecular formula is C6H15Cl2N. The van der Waals surface area contributed by atoms with Crippen LogP contribution in [0.4, 0.5) is 0 Å². The minimum absolute atomic E-state index is 0. The van der Waals surface area contributed by atoms with Gasteiger partial charge in [0.1, 0.15) is 0 Å². The van der Waals surface area contributed by atoms with E-state index in [9.17, 15) is 0 Å². The largest absolute Gasteiger partial charge is 0.326 e. The second kappa shape index (κ2) is 6.66. The molecule has 0 rings (SSSR count). The fourth-order valence-corrected chi connectivity index (χ4v) is 0.759. The van der Waals surface area contributed by atoms with E-state index >= 15 is 0 Å². The van der Waals surface area contributed by atoms with Gasteiger partial charge in [0.15, 0.2) is 0 Å². The second-order valence-corrected chi connectivity index (χ2v) is 2.51. The summed E-state index contributed by atoms with van der Waals surface area (Å²) in [5, 5.41) is 0. The van der Waals surface area contributed by atoms with Crippen LogP contribution in [0.25, 0.3) is 0 Å². The molecule has 2 atom stereocenters. The number of halogens is 2. The summed E-state index contributed by atoms with van der Waals surface area (Å²) in [6.45, 7) is 4.24. The number of hydrogen-bond donors (Lipinski definition) is 1. The Morgan fingerprint density at radius 2 is 2.00 bits per heavy atom. The normalized spacial score (nSPS) is 16.0. The van der Waals surface area contributed by atoms with E-state index in [1.54, 1.807) is 0 Å². The molecule has 1 unspecified atom stereocenters. The summed E-state index contributed by atoms with van der Waals surface area (Å²) in [5.74, 6) is 1.14. The molecule has 0 amide bonds. The van der Waals surface area contributed by atoms with Crippen LogP contribution in [0.5, 0.6) is 0 Å². The van der Waals surface area contributed by atoms with Crippen LogP contribution in [-0.2, 0) is 0 Å². The molecule has 0 heterocycles. The zero-order chi connectivity index (χ0) is 6.57. The zero-order valence-corrected chi connectivity index (χ0v) is 7.50. The van der Waals surface area contributed by atoms with E-state index in [1.807, 2.05) is 0 Å². The highest BCUT2D eigenvalue weighted by atomic mass is 35.5. The van der Waals surface area contributed by atoms with Crippen molar-refractivity contribution >= 4 is 24.0 Å². The minimum Gasteiger partial charge on any atom is -0.326 e. The molecule has 0 bridgehead atoms. The first-order chi connectivity index (χ1) is 3.72. The summed E-state index contributed by atoms with van der Waals surface area (Å²) in [4.78, 5) is 0. The molecule has 9 heavy (non-hydrogen) atoms. The van der Waals surface area contributed by atoms with Crippen molar-refractivity contribution in [3.8, 4) is 0 Å². The maximum absolute atomic E-state index is 5.60. The third kappa shape index (κ3) is 5.01. The topological polar surface area (TPSA) is 26.0 Å². The number of rotatable bonds is 3. The monoisotopic (exact) mass is 171 g/mol. The molecular weight excluding hydrogens is 157 g/mol. The Hall–Kier alpha value is 0.540. The first-order valence-electron chi connectivity index (χ1n) is 3.03. The van der Waals surface area contributed by atoms with Crippen molar-refractivity contribution in [2.24, 2.45) is 11.7 Å².